The number of anilines is 1. The topological polar surface area (TPSA) is 63.2 Å². The summed E-state index contributed by atoms with van der Waals surface area (Å²) in [5.41, 5.74) is 2.04. The van der Waals surface area contributed by atoms with Crippen molar-refractivity contribution in [3.63, 3.8) is 0 Å². The zero-order valence-corrected chi connectivity index (χ0v) is 14.9. The highest BCUT2D eigenvalue weighted by Crippen LogP contribution is 2.24. The Balaban J connectivity index is 1.37. The number of benzene rings is 2. The lowest BCUT2D eigenvalue weighted by Gasteiger charge is -2.13. The van der Waals surface area contributed by atoms with Gasteiger partial charge in [0.05, 0.1) is 16.8 Å². The van der Waals surface area contributed by atoms with E-state index in [0.717, 1.165) is 20.9 Å². The van der Waals surface area contributed by atoms with E-state index in [1.165, 1.54) is 0 Å². The summed E-state index contributed by atoms with van der Waals surface area (Å²) >= 11 is 1.61. The van der Waals surface area contributed by atoms with Crippen LogP contribution in [0.25, 0.3) is 10.2 Å². The molecule has 1 atom stereocenters. The van der Waals surface area contributed by atoms with Crippen molar-refractivity contribution in [1.82, 2.24) is 10.3 Å². The second-order valence-corrected chi connectivity index (χ2v) is 6.67. The number of hydrogen-bond donors (Lipinski definition) is 2. The minimum Gasteiger partial charge on any atom is -0.364 e. The molecule has 0 saturated heterocycles. The van der Waals surface area contributed by atoms with E-state index in [-0.39, 0.29) is 5.91 Å². The van der Waals surface area contributed by atoms with Crippen LogP contribution in [0.1, 0.15) is 12.5 Å². The van der Waals surface area contributed by atoms with Gasteiger partial charge in [-0.15, -0.1) is 0 Å². The van der Waals surface area contributed by atoms with Gasteiger partial charge in [0.1, 0.15) is 6.10 Å². The third-order valence-electron chi connectivity index (χ3n) is 3.71. The van der Waals surface area contributed by atoms with Crippen molar-refractivity contribution in [2.75, 3.05) is 18.4 Å². The Labute approximate surface area is 151 Å². The van der Waals surface area contributed by atoms with E-state index in [1.54, 1.807) is 18.3 Å². The second kappa shape index (κ2) is 8.60. The molecule has 1 heterocycles. The molecule has 130 valence electrons. The molecule has 3 rings (SSSR count). The van der Waals surface area contributed by atoms with Gasteiger partial charge in [-0.25, -0.2) is 4.98 Å². The number of amides is 1. The van der Waals surface area contributed by atoms with Gasteiger partial charge in [-0.05, 0) is 24.6 Å². The van der Waals surface area contributed by atoms with Crippen LogP contribution in [0.3, 0.4) is 0 Å². The third kappa shape index (κ3) is 5.01. The van der Waals surface area contributed by atoms with E-state index in [1.807, 2.05) is 54.6 Å². The standard InChI is InChI=1S/C19H21N3O2S/c1-14(24-13-15-7-3-2-4-8-15)18(23)20-11-12-21-19-22-16-9-5-6-10-17(16)25-19/h2-10,14H,11-13H2,1H3,(H,20,23)(H,21,22). The largest absolute Gasteiger partial charge is 0.364 e. The summed E-state index contributed by atoms with van der Waals surface area (Å²) in [7, 11) is 0. The Hall–Kier alpha value is -2.44. The van der Waals surface area contributed by atoms with Gasteiger partial charge in [0.25, 0.3) is 0 Å². The molecule has 6 heteroatoms. The lowest BCUT2D eigenvalue weighted by molar-refractivity contribution is -0.132. The SMILES string of the molecule is CC(OCc1ccccc1)C(=O)NCCNc1nc2ccccc2s1. The summed E-state index contributed by atoms with van der Waals surface area (Å²) in [4.78, 5) is 16.5. The predicted octanol–water partition coefficient (Wildman–Crippen LogP) is 3.43. The summed E-state index contributed by atoms with van der Waals surface area (Å²) in [5.74, 6) is -0.109. The lowest BCUT2D eigenvalue weighted by Crippen LogP contribution is -2.37. The molecule has 25 heavy (non-hydrogen) atoms. The molecule has 0 spiro atoms. The van der Waals surface area contributed by atoms with Crippen LogP contribution in [-0.2, 0) is 16.1 Å². The lowest BCUT2D eigenvalue weighted by atomic mass is 10.2. The van der Waals surface area contributed by atoms with Gasteiger partial charge in [0.15, 0.2) is 5.13 Å². The number of hydrogen-bond acceptors (Lipinski definition) is 5. The van der Waals surface area contributed by atoms with Gasteiger partial charge in [-0.3, -0.25) is 4.79 Å². The molecule has 0 saturated carbocycles. The number of aromatic nitrogens is 1. The van der Waals surface area contributed by atoms with E-state index >= 15 is 0 Å². The number of thiazole rings is 1. The number of nitrogens with one attached hydrogen (secondary N) is 2. The molecule has 1 aromatic heterocycles. The molecule has 0 aliphatic heterocycles. The minimum atomic E-state index is -0.484. The highest BCUT2D eigenvalue weighted by Gasteiger charge is 2.12. The predicted molar refractivity (Wildman–Crippen MR) is 102 cm³/mol. The highest BCUT2D eigenvalue weighted by atomic mass is 32.1. The van der Waals surface area contributed by atoms with Gasteiger partial charge >= 0.3 is 0 Å². The van der Waals surface area contributed by atoms with Crippen molar-refractivity contribution in [3.8, 4) is 0 Å². The molecule has 0 fully saturated rings. The fourth-order valence-corrected chi connectivity index (χ4v) is 3.21. The number of ether oxygens (including phenoxy) is 1. The first kappa shape index (κ1) is 17.4. The summed E-state index contributed by atoms with van der Waals surface area (Å²) in [6.07, 6.45) is -0.484. The molecular formula is C19H21N3O2S. The summed E-state index contributed by atoms with van der Waals surface area (Å²) < 4.78 is 6.75. The van der Waals surface area contributed by atoms with Crippen LogP contribution in [-0.4, -0.2) is 30.1 Å². The molecular weight excluding hydrogens is 334 g/mol. The first-order valence-corrected chi connectivity index (χ1v) is 9.07. The van der Waals surface area contributed by atoms with Gasteiger partial charge < -0.3 is 15.4 Å². The van der Waals surface area contributed by atoms with Crippen LogP contribution >= 0.6 is 11.3 Å². The number of carbonyl (C=O) groups excluding carboxylic acids is 1. The highest BCUT2D eigenvalue weighted by molar-refractivity contribution is 7.22. The van der Waals surface area contributed by atoms with Crippen molar-refractivity contribution < 1.29 is 9.53 Å². The summed E-state index contributed by atoms with van der Waals surface area (Å²) in [6.45, 7) is 3.34. The average molecular weight is 355 g/mol. The molecule has 0 bridgehead atoms. The Morgan fingerprint density at radius 1 is 1.12 bits per heavy atom. The zero-order chi connectivity index (χ0) is 17.5. The van der Waals surface area contributed by atoms with Crippen molar-refractivity contribution in [1.29, 1.82) is 0 Å². The van der Waals surface area contributed by atoms with Crippen molar-refractivity contribution in [2.24, 2.45) is 0 Å². The van der Waals surface area contributed by atoms with E-state index in [0.29, 0.717) is 19.7 Å². The first-order valence-electron chi connectivity index (χ1n) is 8.25. The maximum absolute atomic E-state index is 12.0. The Kier molecular flexibility index (Phi) is 5.98. The van der Waals surface area contributed by atoms with Crippen LogP contribution in [0.4, 0.5) is 5.13 Å². The van der Waals surface area contributed by atoms with E-state index < -0.39 is 6.10 Å². The molecule has 3 aromatic rings. The molecule has 2 N–H and O–H groups in total. The Bertz CT molecular complexity index is 787. The monoisotopic (exact) mass is 355 g/mol. The van der Waals surface area contributed by atoms with Crippen LogP contribution in [0.5, 0.6) is 0 Å². The number of rotatable bonds is 8. The van der Waals surface area contributed by atoms with Crippen LogP contribution in [0, 0.1) is 0 Å². The molecule has 0 radical (unpaired) electrons. The molecule has 0 aliphatic rings. The fourth-order valence-electron chi connectivity index (χ4n) is 2.32. The maximum atomic E-state index is 12.0. The quantitative estimate of drug-likeness (QED) is 0.608. The number of fused-ring (bicyclic) bond motifs is 1. The summed E-state index contributed by atoms with van der Waals surface area (Å²) in [5, 5.41) is 6.98. The van der Waals surface area contributed by atoms with E-state index in [2.05, 4.69) is 15.6 Å². The number of nitrogens with zero attached hydrogens (tertiary/aromatic N) is 1. The van der Waals surface area contributed by atoms with Gasteiger partial charge in [-0.1, -0.05) is 53.8 Å². The molecule has 1 amide bonds. The van der Waals surface area contributed by atoms with Crippen molar-refractivity contribution in [3.05, 3.63) is 60.2 Å². The van der Waals surface area contributed by atoms with Crippen LogP contribution in [0.2, 0.25) is 0 Å². The molecule has 1 unspecified atom stereocenters. The number of carbonyl (C=O) groups is 1. The van der Waals surface area contributed by atoms with Crippen molar-refractivity contribution in [2.45, 2.75) is 19.6 Å². The molecule has 5 nitrogen and oxygen atoms in total. The third-order valence-corrected chi connectivity index (χ3v) is 4.70. The molecule has 0 aliphatic carbocycles. The van der Waals surface area contributed by atoms with E-state index in [9.17, 15) is 4.79 Å². The minimum absolute atomic E-state index is 0.109. The Morgan fingerprint density at radius 3 is 2.68 bits per heavy atom. The average Bonchev–Trinajstić information content (AvgIpc) is 3.06. The zero-order valence-electron chi connectivity index (χ0n) is 14.1. The maximum Gasteiger partial charge on any atom is 0.248 e. The van der Waals surface area contributed by atoms with E-state index in [4.69, 9.17) is 4.74 Å². The van der Waals surface area contributed by atoms with Crippen molar-refractivity contribution >= 4 is 32.6 Å². The second-order valence-electron chi connectivity index (χ2n) is 5.64. The normalized spacial score (nSPS) is 12.0. The summed E-state index contributed by atoms with van der Waals surface area (Å²) in [6, 6.07) is 17.8. The van der Waals surface area contributed by atoms with Crippen LogP contribution < -0.4 is 10.6 Å². The van der Waals surface area contributed by atoms with Crippen LogP contribution in [0.15, 0.2) is 54.6 Å². The fraction of sp³-hybridized carbons (Fsp3) is 0.263. The smallest absolute Gasteiger partial charge is 0.248 e. The molecule has 2 aromatic carbocycles. The number of para-hydroxylation sites is 1. The van der Waals surface area contributed by atoms with Gasteiger partial charge in [0, 0.05) is 13.1 Å². The first-order chi connectivity index (χ1) is 12.2. The Morgan fingerprint density at radius 2 is 1.88 bits per heavy atom. The van der Waals surface area contributed by atoms with Gasteiger partial charge in [-0.2, -0.15) is 0 Å². The van der Waals surface area contributed by atoms with Gasteiger partial charge in [0.2, 0.25) is 5.91 Å².